The van der Waals surface area contributed by atoms with E-state index >= 15 is 0 Å². The van der Waals surface area contributed by atoms with Gasteiger partial charge in [0.1, 0.15) is 6.10 Å². The molecule has 2 saturated heterocycles. The lowest BCUT2D eigenvalue weighted by Crippen LogP contribution is -2.66. The van der Waals surface area contributed by atoms with Crippen LogP contribution in [0.3, 0.4) is 0 Å². The first-order chi connectivity index (χ1) is 13.6. The van der Waals surface area contributed by atoms with Gasteiger partial charge in [0.2, 0.25) is 6.29 Å². The Balaban J connectivity index is 1.57. The number of fused-ring (bicyclic) bond motifs is 8. The van der Waals surface area contributed by atoms with E-state index in [2.05, 4.69) is 0 Å². The summed E-state index contributed by atoms with van der Waals surface area (Å²) >= 11 is 0. The van der Waals surface area contributed by atoms with Crippen LogP contribution in [0, 0.1) is 22.7 Å². The van der Waals surface area contributed by atoms with Crippen molar-refractivity contribution in [2.45, 2.75) is 70.7 Å². The first kappa shape index (κ1) is 19.2. The standard InChI is InChI=1S/C21H26O8/c1-9(22)21(29-10(2)23)6-5-11-14-16-15(28-16)12-7-13(24)27-18(25)20(12,4)17(14)26-8-19(11,21)3/h7,11,14-18,25H,5-6,8H2,1-4H3/t11-,14+,15+,16-,17-,18-,19-,20-,21-/m0/s1. The van der Waals surface area contributed by atoms with E-state index in [-0.39, 0.29) is 36.4 Å². The molecule has 8 nitrogen and oxygen atoms in total. The van der Waals surface area contributed by atoms with Crippen LogP contribution in [0.25, 0.3) is 0 Å². The van der Waals surface area contributed by atoms with Crippen LogP contribution in [-0.4, -0.2) is 59.6 Å². The maximum atomic E-state index is 12.7. The Hall–Kier alpha value is -1.77. The van der Waals surface area contributed by atoms with Crippen molar-refractivity contribution in [1.82, 2.24) is 0 Å². The molecule has 158 valence electrons. The summed E-state index contributed by atoms with van der Waals surface area (Å²) in [5.74, 6) is -1.35. The molecule has 2 aliphatic carbocycles. The molecule has 8 heteroatoms. The Morgan fingerprint density at radius 2 is 2.00 bits per heavy atom. The number of rotatable bonds is 2. The second-order valence-electron chi connectivity index (χ2n) is 9.54. The highest BCUT2D eigenvalue weighted by Gasteiger charge is 2.75. The summed E-state index contributed by atoms with van der Waals surface area (Å²) < 4.78 is 23.1. The molecule has 0 unspecified atom stereocenters. The van der Waals surface area contributed by atoms with Crippen LogP contribution in [0.15, 0.2) is 11.6 Å². The van der Waals surface area contributed by atoms with E-state index in [1.165, 1.54) is 19.9 Å². The molecule has 0 aromatic heterocycles. The Morgan fingerprint density at radius 3 is 2.66 bits per heavy atom. The molecular formula is C21H26O8. The molecule has 29 heavy (non-hydrogen) atoms. The topological polar surface area (TPSA) is 112 Å². The van der Waals surface area contributed by atoms with Crippen molar-refractivity contribution in [3.8, 4) is 0 Å². The fraction of sp³-hybridized carbons (Fsp3) is 0.762. The third kappa shape index (κ3) is 2.17. The number of carbonyl (C=O) groups is 3. The number of aliphatic hydroxyl groups excluding tert-OH is 1. The van der Waals surface area contributed by atoms with Gasteiger partial charge in [0.15, 0.2) is 11.4 Å². The van der Waals surface area contributed by atoms with Gasteiger partial charge in [-0.2, -0.15) is 0 Å². The second kappa shape index (κ2) is 5.68. The number of Topliss-reactive ketones (excluding diaryl/α,β-unsaturated/α-hetero) is 1. The van der Waals surface area contributed by atoms with Crippen LogP contribution in [0.2, 0.25) is 0 Å². The fourth-order valence-corrected chi connectivity index (χ4v) is 6.78. The Kier molecular flexibility index (Phi) is 3.76. The van der Waals surface area contributed by atoms with Crippen molar-refractivity contribution in [2.75, 3.05) is 6.61 Å². The number of epoxide rings is 1. The van der Waals surface area contributed by atoms with E-state index < -0.39 is 40.8 Å². The van der Waals surface area contributed by atoms with E-state index in [0.717, 1.165) is 0 Å². The summed E-state index contributed by atoms with van der Waals surface area (Å²) in [6, 6.07) is 0. The Labute approximate surface area is 168 Å². The van der Waals surface area contributed by atoms with E-state index in [9.17, 15) is 19.5 Å². The third-order valence-corrected chi connectivity index (χ3v) is 8.25. The van der Waals surface area contributed by atoms with E-state index in [1.54, 1.807) is 0 Å². The smallest absolute Gasteiger partial charge is 0.333 e. The average molecular weight is 406 g/mol. The molecule has 0 amide bonds. The zero-order chi connectivity index (χ0) is 20.9. The minimum Gasteiger partial charge on any atom is -0.451 e. The van der Waals surface area contributed by atoms with Crippen LogP contribution >= 0.6 is 0 Å². The molecule has 5 rings (SSSR count). The SMILES string of the molecule is CC(=O)O[C@]1(C(C)=O)CC[C@H]2[C@@H]3[C@@H]4O[C@@H]4C4=CC(=O)O[C@H](O)[C@]4(C)[C@H]3OC[C@@]21C. The predicted molar refractivity (Wildman–Crippen MR) is 96.2 cm³/mol. The van der Waals surface area contributed by atoms with Crippen LogP contribution in [0.5, 0.6) is 0 Å². The summed E-state index contributed by atoms with van der Waals surface area (Å²) in [6.45, 7) is 6.78. The van der Waals surface area contributed by atoms with E-state index in [1.807, 2.05) is 13.8 Å². The summed E-state index contributed by atoms with van der Waals surface area (Å²) in [5.41, 5.74) is -2.13. The number of ketones is 1. The first-order valence-electron chi connectivity index (χ1n) is 10.1. The number of esters is 2. The predicted octanol–water partition coefficient (Wildman–Crippen LogP) is 0.897. The van der Waals surface area contributed by atoms with Gasteiger partial charge in [-0.25, -0.2) is 4.79 Å². The van der Waals surface area contributed by atoms with Crippen molar-refractivity contribution < 1.29 is 38.4 Å². The van der Waals surface area contributed by atoms with Crippen molar-refractivity contribution in [3.63, 3.8) is 0 Å². The molecule has 3 aliphatic heterocycles. The van der Waals surface area contributed by atoms with Crippen molar-refractivity contribution >= 4 is 17.7 Å². The average Bonchev–Trinajstić information content (AvgIpc) is 3.35. The monoisotopic (exact) mass is 406 g/mol. The quantitative estimate of drug-likeness (QED) is 0.532. The fourth-order valence-electron chi connectivity index (χ4n) is 6.78. The molecule has 0 bridgehead atoms. The molecule has 0 radical (unpaired) electrons. The van der Waals surface area contributed by atoms with Gasteiger partial charge in [-0.15, -0.1) is 0 Å². The van der Waals surface area contributed by atoms with E-state index in [4.69, 9.17) is 18.9 Å². The highest BCUT2D eigenvalue weighted by molar-refractivity contribution is 5.89. The molecule has 0 spiro atoms. The zero-order valence-corrected chi connectivity index (χ0v) is 17.0. The minimum atomic E-state index is -1.33. The highest BCUT2D eigenvalue weighted by Crippen LogP contribution is 2.67. The molecule has 3 heterocycles. The number of aliphatic hydroxyl groups is 1. The molecule has 9 atom stereocenters. The van der Waals surface area contributed by atoms with E-state index in [0.29, 0.717) is 18.4 Å². The van der Waals surface area contributed by atoms with Crippen LogP contribution in [0.1, 0.15) is 40.5 Å². The van der Waals surface area contributed by atoms with Crippen molar-refractivity contribution in [1.29, 1.82) is 0 Å². The van der Waals surface area contributed by atoms with Crippen LogP contribution in [0.4, 0.5) is 0 Å². The Morgan fingerprint density at radius 1 is 1.28 bits per heavy atom. The van der Waals surface area contributed by atoms with Gasteiger partial charge < -0.3 is 24.1 Å². The molecule has 0 aromatic carbocycles. The largest absolute Gasteiger partial charge is 0.451 e. The number of hydrogen-bond donors (Lipinski definition) is 1. The van der Waals surface area contributed by atoms with Gasteiger partial charge in [-0.1, -0.05) is 6.92 Å². The Bertz CT molecular complexity index is 850. The normalized spacial score (nSPS) is 52.2. The number of hydrogen-bond acceptors (Lipinski definition) is 8. The number of cyclic esters (lactones) is 1. The van der Waals surface area contributed by atoms with Gasteiger partial charge in [0, 0.05) is 24.3 Å². The van der Waals surface area contributed by atoms with Gasteiger partial charge in [0.25, 0.3) is 0 Å². The maximum absolute atomic E-state index is 12.7. The highest BCUT2D eigenvalue weighted by atomic mass is 16.6. The maximum Gasteiger partial charge on any atom is 0.333 e. The van der Waals surface area contributed by atoms with Crippen LogP contribution < -0.4 is 0 Å². The first-order valence-corrected chi connectivity index (χ1v) is 10.1. The van der Waals surface area contributed by atoms with Gasteiger partial charge >= 0.3 is 11.9 Å². The molecule has 5 aliphatic rings. The molecule has 0 aromatic rings. The van der Waals surface area contributed by atoms with Gasteiger partial charge in [-0.05, 0) is 38.2 Å². The molecule has 1 N–H and O–H groups in total. The molecular weight excluding hydrogens is 380 g/mol. The lowest BCUT2D eigenvalue weighted by Gasteiger charge is -2.57. The summed E-state index contributed by atoms with van der Waals surface area (Å²) in [7, 11) is 0. The number of carbonyl (C=O) groups excluding carboxylic acids is 3. The summed E-state index contributed by atoms with van der Waals surface area (Å²) in [5, 5.41) is 10.7. The van der Waals surface area contributed by atoms with Crippen molar-refractivity contribution in [3.05, 3.63) is 11.6 Å². The lowest BCUT2D eigenvalue weighted by molar-refractivity contribution is -0.255. The summed E-state index contributed by atoms with van der Waals surface area (Å²) in [6.07, 6.45) is 0.356. The summed E-state index contributed by atoms with van der Waals surface area (Å²) in [4.78, 5) is 36.4. The second-order valence-corrected chi connectivity index (χ2v) is 9.54. The van der Waals surface area contributed by atoms with Crippen molar-refractivity contribution in [2.24, 2.45) is 22.7 Å². The van der Waals surface area contributed by atoms with Gasteiger partial charge in [0.05, 0.1) is 24.2 Å². The number of ether oxygens (including phenoxy) is 4. The van der Waals surface area contributed by atoms with Crippen LogP contribution in [-0.2, 0) is 33.3 Å². The molecule has 2 saturated carbocycles. The minimum absolute atomic E-state index is 0.00250. The lowest BCUT2D eigenvalue weighted by atomic mass is 9.54. The molecule has 4 fully saturated rings. The third-order valence-electron chi connectivity index (χ3n) is 8.25. The zero-order valence-electron chi connectivity index (χ0n) is 17.0. The van der Waals surface area contributed by atoms with Gasteiger partial charge in [-0.3, -0.25) is 9.59 Å².